The quantitative estimate of drug-likeness (QED) is 0.243. The second-order valence-electron chi connectivity index (χ2n) is 7.79. The van der Waals surface area contributed by atoms with E-state index < -0.39 is 20.3 Å². The summed E-state index contributed by atoms with van der Waals surface area (Å²) in [6, 6.07) is 24.4. The Morgan fingerprint density at radius 2 is 1.00 bits per heavy atom. The van der Waals surface area contributed by atoms with E-state index in [0.717, 1.165) is 44.4 Å². The molecule has 0 aliphatic rings. The lowest BCUT2D eigenvalue weighted by Gasteiger charge is -2.32. The fraction of sp³-hybridized carbons (Fsp3) is 0.185. The Bertz CT molecular complexity index is 987. The minimum Gasteiger partial charge on any atom is -0.502 e. The van der Waals surface area contributed by atoms with E-state index >= 15 is 0 Å². The van der Waals surface area contributed by atoms with Gasteiger partial charge in [-0.25, -0.2) is 9.59 Å². The summed E-state index contributed by atoms with van der Waals surface area (Å²) in [4.78, 5) is 24.7. The van der Waals surface area contributed by atoms with Crippen molar-refractivity contribution in [2.24, 2.45) is 0 Å². The van der Waals surface area contributed by atoms with Crippen molar-refractivity contribution in [3.8, 4) is 0 Å². The minimum atomic E-state index is -3.20. The van der Waals surface area contributed by atoms with Crippen molar-refractivity contribution in [2.75, 3.05) is 6.61 Å². The number of hydrogen-bond acceptors (Lipinski definition) is 4. The van der Waals surface area contributed by atoms with Crippen molar-refractivity contribution in [1.29, 1.82) is 0 Å². The first-order valence-electron chi connectivity index (χ1n) is 10.6. The number of carbonyl (C=O) groups excluding carboxylic acids is 2. The third-order valence-electron chi connectivity index (χ3n) is 5.27. The zero-order chi connectivity index (χ0) is 23.1. The fourth-order valence-electron chi connectivity index (χ4n) is 3.55. The molecule has 5 heteroatoms. The van der Waals surface area contributed by atoms with Gasteiger partial charge < -0.3 is 9.16 Å². The first kappa shape index (κ1) is 23.2. The van der Waals surface area contributed by atoms with Crippen LogP contribution in [0.1, 0.15) is 23.6 Å². The molecule has 3 rings (SSSR count). The Kier molecular flexibility index (Phi) is 7.43. The number of ether oxygens (including phenoxy) is 1. The van der Waals surface area contributed by atoms with E-state index in [0.29, 0.717) is 0 Å². The van der Waals surface area contributed by atoms with Crippen LogP contribution < -0.4 is 15.6 Å². The van der Waals surface area contributed by atoms with E-state index in [9.17, 15) is 9.59 Å². The molecule has 3 aromatic carbocycles. The number of carbonyl (C=O) groups is 2. The average molecular weight is 445 g/mol. The SMILES string of the molecule is CCOC(=O)C=CC(=O)O[Si](c1ccc(C)cc1)(c1ccc(C)cc1)c1ccc(C)cc1. The molecule has 0 aliphatic heterocycles. The van der Waals surface area contributed by atoms with Gasteiger partial charge in [0.05, 0.1) is 6.61 Å². The van der Waals surface area contributed by atoms with Crippen LogP contribution in [0.5, 0.6) is 0 Å². The molecule has 0 heterocycles. The van der Waals surface area contributed by atoms with Crippen LogP contribution in [0.4, 0.5) is 0 Å². The van der Waals surface area contributed by atoms with Gasteiger partial charge >= 0.3 is 20.3 Å². The van der Waals surface area contributed by atoms with Crippen LogP contribution in [-0.2, 0) is 18.8 Å². The van der Waals surface area contributed by atoms with Gasteiger partial charge in [-0.2, -0.15) is 0 Å². The summed E-state index contributed by atoms with van der Waals surface area (Å²) in [7, 11) is -3.20. The van der Waals surface area contributed by atoms with Crippen molar-refractivity contribution in [1.82, 2.24) is 0 Å². The topological polar surface area (TPSA) is 52.6 Å². The predicted molar refractivity (Wildman–Crippen MR) is 130 cm³/mol. The van der Waals surface area contributed by atoms with E-state index in [-0.39, 0.29) is 6.61 Å². The van der Waals surface area contributed by atoms with Crippen molar-refractivity contribution >= 4 is 35.8 Å². The maximum Gasteiger partial charge on any atom is 0.350 e. The van der Waals surface area contributed by atoms with Gasteiger partial charge in [-0.1, -0.05) is 89.5 Å². The minimum absolute atomic E-state index is 0.243. The summed E-state index contributed by atoms with van der Waals surface area (Å²) < 4.78 is 11.2. The largest absolute Gasteiger partial charge is 0.502 e. The highest BCUT2D eigenvalue weighted by molar-refractivity contribution is 7.07. The normalized spacial score (nSPS) is 11.4. The molecule has 0 atom stereocenters. The molecule has 0 saturated carbocycles. The van der Waals surface area contributed by atoms with Crippen LogP contribution in [0.3, 0.4) is 0 Å². The molecule has 0 unspecified atom stereocenters. The molecule has 0 spiro atoms. The van der Waals surface area contributed by atoms with E-state index in [2.05, 4.69) is 0 Å². The number of benzene rings is 3. The number of aryl methyl sites for hydroxylation is 3. The fourth-order valence-corrected chi connectivity index (χ4v) is 7.18. The summed E-state index contributed by atoms with van der Waals surface area (Å²) in [5, 5.41) is 2.86. The number of hydrogen-bond donors (Lipinski definition) is 0. The zero-order valence-electron chi connectivity index (χ0n) is 18.9. The summed E-state index contributed by atoms with van der Waals surface area (Å²) in [5.41, 5.74) is 3.37. The van der Waals surface area contributed by atoms with Gasteiger partial charge in [0, 0.05) is 12.2 Å². The molecule has 164 valence electrons. The van der Waals surface area contributed by atoms with Gasteiger partial charge in [0.1, 0.15) is 0 Å². The molecule has 0 aliphatic carbocycles. The Morgan fingerprint density at radius 1 is 0.656 bits per heavy atom. The van der Waals surface area contributed by atoms with Gasteiger partial charge in [0.25, 0.3) is 0 Å². The summed E-state index contributed by atoms with van der Waals surface area (Å²) in [6.45, 7) is 8.04. The molecule has 0 fully saturated rings. The summed E-state index contributed by atoms with van der Waals surface area (Å²) in [5.74, 6) is -1.15. The first-order valence-corrected chi connectivity index (χ1v) is 12.5. The van der Waals surface area contributed by atoms with E-state index in [1.807, 2.05) is 93.6 Å². The van der Waals surface area contributed by atoms with Crippen LogP contribution in [0.25, 0.3) is 0 Å². The first-order chi connectivity index (χ1) is 15.3. The molecule has 3 aromatic rings. The van der Waals surface area contributed by atoms with Crippen molar-refractivity contribution in [3.05, 3.63) is 102 Å². The van der Waals surface area contributed by atoms with Gasteiger partial charge in [0.2, 0.25) is 0 Å². The van der Waals surface area contributed by atoms with Crippen LogP contribution in [0, 0.1) is 20.8 Å². The van der Waals surface area contributed by atoms with Crippen molar-refractivity contribution in [3.63, 3.8) is 0 Å². The van der Waals surface area contributed by atoms with Gasteiger partial charge in [-0.15, -0.1) is 0 Å². The van der Waals surface area contributed by atoms with Crippen molar-refractivity contribution in [2.45, 2.75) is 27.7 Å². The molecule has 0 saturated heterocycles. The molecule has 0 radical (unpaired) electrons. The predicted octanol–water partition coefficient (Wildman–Crippen LogP) is 3.24. The van der Waals surface area contributed by atoms with Gasteiger partial charge in [-0.05, 0) is 43.3 Å². The third-order valence-corrected chi connectivity index (χ3v) is 9.22. The molecular weight excluding hydrogens is 416 g/mol. The lowest BCUT2D eigenvalue weighted by molar-refractivity contribution is -0.138. The maximum atomic E-state index is 13.0. The molecular formula is C27H28O4Si. The Hall–Kier alpha value is -3.44. The highest BCUT2D eigenvalue weighted by Gasteiger charge is 2.45. The second kappa shape index (κ2) is 10.2. The molecule has 0 amide bonds. The average Bonchev–Trinajstić information content (AvgIpc) is 2.78. The maximum absolute atomic E-state index is 13.0. The smallest absolute Gasteiger partial charge is 0.350 e. The van der Waals surface area contributed by atoms with Gasteiger partial charge in [0.15, 0.2) is 0 Å². The summed E-state index contributed by atoms with van der Waals surface area (Å²) >= 11 is 0. The zero-order valence-corrected chi connectivity index (χ0v) is 19.9. The van der Waals surface area contributed by atoms with E-state index in [1.54, 1.807) is 6.92 Å². The van der Waals surface area contributed by atoms with Crippen molar-refractivity contribution < 1.29 is 18.8 Å². The molecule has 0 aromatic heterocycles. The Labute approximate surface area is 190 Å². The Balaban J connectivity index is 2.19. The van der Waals surface area contributed by atoms with Crippen LogP contribution >= 0.6 is 0 Å². The van der Waals surface area contributed by atoms with E-state index in [4.69, 9.17) is 9.16 Å². The van der Waals surface area contributed by atoms with Crippen LogP contribution in [-0.4, -0.2) is 26.9 Å². The monoisotopic (exact) mass is 444 g/mol. The summed E-state index contributed by atoms with van der Waals surface area (Å²) in [6.07, 6.45) is 2.26. The molecule has 4 nitrogen and oxygen atoms in total. The lowest BCUT2D eigenvalue weighted by Crippen LogP contribution is -2.70. The van der Waals surface area contributed by atoms with Crippen LogP contribution in [0.15, 0.2) is 84.9 Å². The molecule has 0 bridgehead atoms. The Morgan fingerprint density at radius 3 is 1.34 bits per heavy atom. The van der Waals surface area contributed by atoms with Gasteiger partial charge in [-0.3, -0.25) is 0 Å². The molecule has 32 heavy (non-hydrogen) atoms. The highest BCUT2D eigenvalue weighted by Crippen LogP contribution is 2.13. The van der Waals surface area contributed by atoms with E-state index in [1.165, 1.54) is 0 Å². The van der Waals surface area contributed by atoms with Crippen LogP contribution in [0.2, 0.25) is 0 Å². The standard InChI is InChI=1S/C27H28O4Si/c1-5-30-26(28)18-19-27(29)31-32(23-12-6-20(2)7-13-23,24-14-8-21(3)9-15-24)25-16-10-22(4)11-17-25/h6-19H,5H2,1-4H3. The second-order valence-corrected chi connectivity index (χ2v) is 11.1. The lowest BCUT2D eigenvalue weighted by atomic mass is 10.2. The number of esters is 1. The third kappa shape index (κ3) is 5.24. The number of rotatable bonds is 7. The molecule has 0 N–H and O–H groups in total. The highest BCUT2D eigenvalue weighted by atomic mass is 28.4.